The Hall–Kier alpha value is -2.07. The second-order valence-corrected chi connectivity index (χ2v) is 6.48. The molecule has 2 aromatic rings. The summed E-state index contributed by atoms with van der Waals surface area (Å²) in [6.45, 7) is 3.25. The minimum atomic E-state index is -0.250. The van der Waals surface area contributed by atoms with E-state index in [0.29, 0.717) is 24.0 Å². The number of carbonyl (C=O) groups is 1. The number of piperidine rings is 1. The van der Waals surface area contributed by atoms with Crippen LogP contribution in [0.25, 0.3) is 10.8 Å². The monoisotopic (exact) mass is 299 g/mol. The molecule has 1 aliphatic heterocycles. The van der Waals surface area contributed by atoms with Crippen molar-refractivity contribution < 1.29 is 15.0 Å². The van der Waals surface area contributed by atoms with Gasteiger partial charge in [-0.25, -0.2) is 0 Å². The highest BCUT2D eigenvalue weighted by atomic mass is 16.3. The molecule has 0 aliphatic carbocycles. The summed E-state index contributed by atoms with van der Waals surface area (Å²) in [5, 5.41) is 21.6. The Balaban J connectivity index is 1.94. The fraction of sp³-hybridized carbons (Fsp3) is 0.389. The number of carbonyl (C=O) groups excluding carboxylic acids is 1. The van der Waals surface area contributed by atoms with Crippen molar-refractivity contribution in [3.05, 3.63) is 42.0 Å². The predicted octanol–water partition coefficient (Wildman–Crippen LogP) is 2.78. The number of nitrogens with zero attached hydrogens (tertiary/aromatic N) is 1. The molecule has 1 amide bonds. The molecule has 22 heavy (non-hydrogen) atoms. The van der Waals surface area contributed by atoms with Gasteiger partial charge in [-0.05, 0) is 24.3 Å². The minimum absolute atomic E-state index is 0.0411. The van der Waals surface area contributed by atoms with E-state index in [1.807, 2.05) is 37.3 Å². The quantitative estimate of drug-likeness (QED) is 0.896. The number of aromatic hydroxyl groups is 1. The molecule has 2 N–H and O–H groups in total. The topological polar surface area (TPSA) is 60.8 Å². The van der Waals surface area contributed by atoms with Gasteiger partial charge in [-0.15, -0.1) is 0 Å². The third-order valence-electron chi connectivity index (χ3n) is 4.58. The normalized spacial score (nSPS) is 22.0. The summed E-state index contributed by atoms with van der Waals surface area (Å²) in [5.41, 5.74) is 0.0845. The first kappa shape index (κ1) is 14.9. The lowest BCUT2D eigenvalue weighted by molar-refractivity contribution is 0.0356. The van der Waals surface area contributed by atoms with Gasteiger partial charge in [0.2, 0.25) is 0 Å². The van der Waals surface area contributed by atoms with E-state index >= 15 is 0 Å². The van der Waals surface area contributed by atoms with Gasteiger partial charge in [0.25, 0.3) is 5.91 Å². The van der Waals surface area contributed by atoms with E-state index in [4.69, 9.17) is 0 Å². The molecular weight excluding hydrogens is 278 g/mol. The van der Waals surface area contributed by atoms with Crippen molar-refractivity contribution in [2.24, 2.45) is 5.41 Å². The van der Waals surface area contributed by atoms with E-state index in [-0.39, 0.29) is 23.7 Å². The maximum Gasteiger partial charge on any atom is 0.257 e. The fourth-order valence-corrected chi connectivity index (χ4v) is 3.22. The van der Waals surface area contributed by atoms with Gasteiger partial charge < -0.3 is 15.1 Å². The molecule has 0 saturated carbocycles. The Labute approximate surface area is 130 Å². The largest absolute Gasteiger partial charge is 0.506 e. The van der Waals surface area contributed by atoms with Crippen molar-refractivity contribution in [1.82, 2.24) is 4.90 Å². The summed E-state index contributed by atoms with van der Waals surface area (Å²) in [6, 6.07) is 11.0. The number of aliphatic hydroxyl groups is 1. The van der Waals surface area contributed by atoms with Crippen LogP contribution in [-0.2, 0) is 0 Å². The highest BCUT2D eigenvalue weighted by Gasteiger charge is 2.33. The molecule has 3 rings (SSSR count). The Morgan fingerprint density at radius 1 is 1.27 bits per heavy atom. The van der Waals surface area contributed by atoms with Crippen LogP contribution in [0.15, 0.2) is 36.4 Å². The molecule has 1 heterocycles. The smallest absolute Gasteiger partial charge is 0.257 e. The van der Waals surface area contributed by atoms with Gasteiger partial charge in [-0.3, -0.25) is 4.79 Å². The van der Waals surface area contributed by atoms with Gasteiger partial charge in [0.1, 0.15) is 5.75 Å². The zero-order chi connectivity index (χ0) is 15.7. The Kier molecular flexibility index (Phi) is 3.79. The van der Waals surface area contributed by atoms with Crippen LogP contribution in [0.4, 0.5) is 0 Å². The molecule has 4 heteroatoms. The maximum atomic E-state index is 12.8. The molecule has 1 fully saturated rings. The highest BCUT2D eigenvalue weighted by Crippen LogP contribution is 2.33. The molecule has 4 nitrogen and oxygen atoms in total. The van der Waals surface area contributed by atoms with Crippen molar-refractivity contribution >= 4 is 16.7 Å². The highest BCUT2D eigenvalue weighted by molar-refractivity contribution is 6.03. The number of phenolic OH excluding ortho intramolecular Hbond substituents is 1. The second kappa shape index (κ2) is 5.61. The first-order valence-corrected chi connectivity index (χ1v) is 7.65. The first-order chi connectivity index (χ1) is 10.5. The van der Waals surface area contributed by atoms with E-state index in [2.05, 4.69) is 0 Å². The van der Waals surface area contributed by atoms with Gasteiger partial charge in [-0.1, -0.05) is 37.3 Å². The van der Waals surface area contributed by atoms with Crippen LogP contribution in [-0.4, -0.2) is 40.7 Å². The van der Waals surface area contributed by atoms with E-state index in [1.165, 1.54) is 0 Å². The van der Waals surface area contributed by atoms with Crippen LogP contribution >= 0.6 is 0 Å². The third kappa shape index (κ3) is 2.55. The van der Waals surface area contributed by atoms with Crippen molar-refractivity contribution in [2.75, 3.05) is 19.7 Å². The van der Waals surface area contributed by atoms with E-state index in [1.54, 1.807) is 11.0 Å². The van der Waals surface area contributed by atoms with E-state index < -0.39 is 0 Å². The van der Waals surface area contributed by atoms with Crippen LogP contribution < -0.4 is 0 Å². The third-order valence-corrected chi connectivity index (χ3v) is 4.58. The van der Waals surface area contributed by atoms with Gasteiger partial charge in [0.05, 0.1) is 12.2 Å². The van der Waals surface area contributed by atoms with Crippen LogP contribution in [0.3, 0.4) is 0 Å². The molecule has 1 unspecified atom stereocenters. The number of benzene rings is 2. The average molecular weight is 299 g/mol. The van der Waals surface area contributed by atoms with Gasteiger partial charge in [0, 0.05) is 23.9 Å². The van der Waals surface area contributed by atoms with Crippen molar-refractivity contribution in [3.63, 3.8) is 0 Å². The Morgan fingerprint density at radius 2 is 2.05 bits per heavy atom. The van der Waals surface area contributed by atoms with Crippen molar-refractivity contribution in [2.45, 2.75) is 19.8 Å². The van der Waals surface area contributed by atoms with E-state index in [9.17, 15) is 15.0 Å². The van der Waals surface area contributed by atoms with Crippen LogP contribution in [0.5, 0.6) is 5.75 Å². The SMILES string of the molecule is CC1(CO)CCCN(C(=O)c2ccc3ccccc3c2O)C1. The van der Waals surface area contributed by atoms with Crippen LogP contribution in [0.2, 0.25) is 0 Å². The van der Waals surface area contributed by atoms with Gasteiger partial charge >= 0.3 is 0 Å². The lowest BCUT2D eigenvalue weighted by Crippen LogP contribution is -2.46. The number of fused-ring (bicyclic) bond motifs is 1. The Bertz CT molecular complexity index is 713. The average Bonchev–Trinajstić information content (AvgIpc) is 2.55. The zero-order valence-corrected chi connectivity index (χ0v) is 12.7. The minimum Gasteiger partial charge on any atom is -0.506 e. The number of amides is 1. The van der Waals surface area contributed by atoms with E-state index in [0.717, 1.165) is 18.2 Å². The molecule has 0 bridgehead atoms. The molecule has 0 spiro atoms. The number of phenols is 1. The maximum absolute atomic E-state index is 12.8. The summed E-state index contributed by atoms with van der Waals surface area (Å²) in [6.07, 6.45) is 1.79. The summed E-state index contributed by atoms with van der Waals surface area (Å²) in [7, 11) is 0. The van der Waals surface area contributed by atoms with Gasteiger partial charge in [0.15, 0.2) is 0 Å². The summed E-state index contributed by atoms with van der Waals surface area (Å²) < 4.78 is 0. The second-order valence-electron chi connectivity index (χ2n) is 6.48. The summed E-state index contributed by atoms with van der Waals surface area (Å²) >= 11 is 0. The van der Waals surface area contributed by atoms with Crippen LogP contribution in [0.1, 0.15) is 30.1 Å². The fourth-order valence-electron chi connectivity index (χ4n) is 3.22. The Morgan fingerprint density at radius 3 is 2.82 bits per heavy atom. The molecule has 0 aromatic heterocycles. The molecule has 1 atom stereocenters. The molecule has 0 radical (unpaired) electrons. The predicted molar refractivity (Wildman–Crippen MR) is 85.9 cm³/mol. The van der Waals surface area contributed by atoms with Crippen LogP contribution in [0, 0.1) is 5.41 Å². The number of aliphatic hydroxyl groups excluding tert-OH is 1. The molecule has 2 aromatic carbocycles. The number of hydrogen-bond donors (Lipinski definition) is 2. The molecular formula is C18H21NO3. The van der Waals surface area contributed by atoms with Crippen molar-refractivity contribution in [1.29, 1.82) is 0 Å². The number of hydrogen-bond acceptors (Lipinski definition) is 3. The number of rotatable bonds is 2. The molecule has 1 saturated heterocycles. The lowest BCUT2D eigenvalue weighted by atomic mass is 9.82. The molecule has 1 aliphatic rings. The summed E-state index contributed by atoms with van der Waals surface area (Å²) in [5.74, 6) is -0.123. The van der Waals surface area contributed by atoms with Gasteiger partial charge in [-0.2, -0.15) is 0 Å². The molecule has 116 valence electrons. The van der Waals surface area contributed by atoms with Crippen molar-refractivity contribution in [3.8, 4) is 5.75 Å². The first-order valence-electron chi connectivity index (χ1n) is 7.65. The lowest BCUT2D eigenvalue weighted by Gasteiger charge is -2.39. The standard InChI is InChI=1S/C18H21NO3/c1-18(12-20)9-4-10-19(11-18)17(22)15-8-7-13-5-2-3-6-14(13)16(15)21/h2-3,5-8,20-21H,4,9-12H2,1H3. The number of likely N-dealkylation sites (tertiary alicyclic amines) is 1. The summed E-state index contributed by atoms with van der Waals surface area (Å²) in [4.78, 5) is 14.5. The zero-order valence-electron chi connectivity index (χ0n) is 12.7.